The van der Waals surface area contributed by atoms with Gasteiger partial charge in [-0.25, -0.2) is 4.98 Å². The Bertz CT molecular complexity index is 1110. The van der Waals surface area contributed by atoms with Crippen molar-refractivity contribution in [3.63, 3.8) is 0 Å². The first-order chi connectivity index (χ1) is 14.7. The first-order valence-electron chi connectivity index (χ1n) is 9.72. The lowest BCUT2D eigenvalue weighted by Gasteiger charge is -2.15. The monoisotopic (exact) mass is 414 g/mol. The number of aromatic nitrogens is 1. The van der Waals surface area contributed by atoms with E-state index in [1.807, 2.05) is 90.3 Å². The van der Waals surface area contributed by atoms with Gasteiger partial charge in [0.25, 0.3) is 5.91 Å². The van der Waals surface area contributed by atoms with Gasteiger partial charge >= 0.3 is 0 Å². The molecule has 4 nitrogen and oxygen atoms in total. The quantitative estimate of drug-likeness (QED) is 0.392. The molecule has 4 aromatic rings. The second kappa shape index (κ2) is 9.37. The topological polar surface area (TPSA) is 42.4 Å². The largest absolute Gasteiger partial charge is 0.488 e. The molecular weight excluding hydrogens is 392 g/mol. The molecule has 0 unspecified atom stereocenters. The zero-order valence-electron chi connectivity index (χ0n) is 16.7. The molecule has 30 heavy (non-hydrogen) atoms. The number of hydrogen-bond acceptors (Lipinski definition) is 4. The predicted molar refractivity (Wildman–Crippen MR) is 121 cm³/mol. The molecule has 0 aliphatic heterocycles. The van der Waals surface area contributed by atoms with Crippen LogP contribution < -0.4 is 4.74 Å². The SMILES string of the molecule is CN(Cc1ccccc1)C(=O)c1csc(-c2ccccc2OCc2ccccc2)n1. The van der Waals surface area contributed by atoms with Crippen molar-refractivity contribution in [2.24, 2.45) is 0 Å². The molecule has 1 aromatic heterocycles. The van der Waals surface area contributed by atoms with Crippen LogP contribution in [-0.2, 0) is 13.2 Å². The fourth-order valence-corrected chi connectivity index (χ4v) is 3.95. The summed E-state index contributed by atoms with van der Waals surface area (Å²) in [5.74, 6) is 0.663. The Morgan fingerprint density at radius 3 is 2.27 bits per heavy atom. The molecule has 0 spiro atoms. The smallest absolute Gasteiger partial charge is 0.273 e. The van der Waals surface area contributed by atoms with E-state index in [1.54, 1.807) is 11.9 Å². The van der Waals surface area contributed by atoms with Crippen LogP contribution in [-0.4, -0.2) is 22.8 Å². The van der Waals surface area contributed by atoms with Gasteiger partial charge in [-0.15, -0.1) is 11.3 Å². The molecule has 0 radical (unpaired) electrons. The third-order valence-corrected chi connectivity index (χ3v) is 5.56. The average molecular weight is 415 g/mol. The maximum Gasteiger partial charge on any atom is 0.273 e. The third-order valence-electron chi connectivity index (χ3n) is 4.69. The molecule has 1 amide bonds. The van der Waals surface area contributed by atoms with E-state index in [0.29, 0.717) is 18.8 Å². The van der Waals surface area contributed by atoms with Crippen molar-refractivity contribution < 1.29 is 9.53 Å². The van der Waals surface area contributed by atoms with Gasteiger partial charge in [0.15, 0.2) is 0 Å². The van der Waals surface area contributed by atoms with Crippen LogP contribution in [0.3, 0.4) is 0 Å². The Balaban J connectivity index is 1.49. The van der Waals surface area contributed by atoms with Crippen molar-refractivity contribution in [1.29, 1.82) is 0 Å². The van der Waals surface area contributed by atoms with Gasteiger partial charge in [-0.3, -0.25) is 4.79 Å². The van der Waals surface area contributed by atoms with Gasteiger partial charge in [0.05, 0.1) is 5.56 Å². The molecule has 0 saturated carbocycles. The van der Waals surface area contributed by atoms with Crippen molar-refractivity contribution in [1.82, 2.24) is 9.88 Å². The maximum atomic E-state index is 12.8. The lowest BCUT2D eigenvalue weighted by Crippen LogP contribution is -2.26. The van der Waals surface area contributed by atoms with Gasteiger partial charge in [-0.2, -0.15) is 0 Å². The average Bonchev–Trinajstić information content (AvgIpc) is 3.29. The van der Waals surface area contributed by atoms with Crippen molar-refractivity contribution in [2.45, 2.75) is 13.2 Å². The Morgan fingerprint density at radius 1 is 0.900 bits per heavy atom. The van der Waals surface area contributed by atoms with E-state index in [0.717, 1.165) is 27.4 Å². The molecule has 150 valence electrons. The number of carbonyl (C=O) groups is 1. The van der Waals surface area contributed by atoms with Crippen LogP contribution in [0, 0.1) is 0 Å². The van der Waals surface area contributed by atoms with Gasteiger partial charge in [0.2, 0.25) is 0 Å². The highest BCUT2D eigenvalue weighted by Crippen LogP contribution is 2.33. The molecular formula is C25H22N2O2S. The second-order valence-electron chi connectivity index (χ2n) is 6.96. The van der Waals surface area contributed by atoms with Crippen LogP contribution in [0.25, 0.3) is 10.6 Å². The zero-order valence-corrected chi connectivity index (χ0v) is 17.5. The van der Waals surface area contributed by atoms with Gasteiger partial charge in [-0.05, 0) is 23.3 Å². The number of benzene rings is 3. The number of thiazole rings is 1. The molecule has 0 atom stereocenters. The Labute approximate surface area is 180 Å². The van der Waals surface area contributed by atoms with Crippen LogP contribution in [0.15, 0.2) is 90.3 Å². The number of rotatable bonds is 7. The van der Waals surface area contributed by atoms with Crippen molar-refractivity contribution in [3.05, 3.63) is 107 Å². The van der Waals surface area contributed by atoms with Crippen molar-refractivity contribution >= 4 is 17.2 Å². The Kier molecular flexibility index (Phi) is 6.20. The second-order valence-corrected chi connectivity index (χ2v) is 7.81. The van der Waals surface area contributed by atoms with E-state index >= 15 is 0 Å². The lowest BCUT2D eigenvalue weighted by atomic mass is 10.2. The van der Waals surface area contributed by atoms with Crippen molar-refractivity contribution in [3.8, 4) is 16.3 Å². The molecule has 0 aliphatic carbocycles. The fraction of sp³-hybridized carbons (Fsp3) is 0.120. The minimum Gasteiger partial charge on any atom is -0.488 e. The first-order valence-corrected chi connectivity index (χ1v) is 10.6. The standard InChI is InChI=1S/C25H22N2O2S/c1-27(16-19-10-4-2-5-11-19)25(28)22-18-30-24(26-22)21-14-8-9-15-23(21)29-17-20-12-6-3-7-13-20/h2-15,18H,16-17H2,1H3. The molecule has 3 aromatic carbocycles. The summed E-state index contributed by atoms with van der Waals surface area (Å²) >= 11 is 1.45. The normalized spacial score (nSPS) is 10.6. The third kappa shape index (κ3) is 4.75. The van der Waals surface area contributed by atoms with Crippen molar-refractivity contribution in [2.75, 3.05) is 7.05 Å². The maximum absolute atomic E-state index is 12.8. The number of carbonyl (C=O) groups excluding carboxylic acids is 1. The predicted octanol–water partition coefficient (Wildman–Crippen LogP) is 5.66. The lowest BCUT2D eigenvalue weighted by molar-refractivity contribution is 0.0780. The summed E-state index contributed by atoms with van der Waals surface area (Å²) < 4.78 is 6.05. The van der Waals surface area contributed by atoms with E-state index in [9.17, 15) is 4.79 Å². The molecule has 0 fully saturated rings. The summed E-state index contributed by atoms with van der Waals surface area (Å²) in [7, 11) is 1.80. The number of hydrogen-bond donors (Lipinski definition) is 0. The van der Waals surface area contributed by atoms with E-state index in [1.165, 1.54) is 11.3 Å². The highest BCUT2D eigenvalue weighted by Gasteiger charge is 2.18. The van der Waals surface area contributed by atoms with Gasteiger partial charge < -0.3 is 9.64 Å². The van der Waals surface area contributed by atoms with Crippen LogP contribution in [0.1, 0.15) is 21.6 Å². The molecule has 4 rings (SSSR count). The zero-order chi connectivity index (χ0) is 20.8. The summed E-state index contributed by atoms with van der Waals surface area (Å²) in [4.78, 5) is 19.1. The highest BCUT2D eigenvalue weighted by atomic mass is 32.1. The highest BCUT2D eigenvalue weighted by molar-refractivity contribution is 7.13. The summed E-state index contributed by atoms with van der Waals surface area (Å²) in [5, 5.41) is 2.59. The van der Waals surface area contributed by atoms with Gasteiger partial charge in [-0.1, -0.05) is 72.8 Å². The summed E-state index contributed by atoms with van der Waals surface area (Å²) in [6.45, 7) is 1.03. The summed E-state index contributed by atoms with van der Waals surface area (Å²) in [6, 6.07) is 27.8. The molecule has 0 saturated heterocycles. The van der Waals surface area contributed by atoms with E-state index in [-0.39, 0.29) is 5.91 Å². The first kappa shape index (κ1) is 19.9. The Hall–Kier alpha value is -3.44. The summed E-state index contributed by atoms with van der Waals surface area (Å²) in [5.41, 5.74) is 3.53. The van der Waals surface area contributed by atoms with Gasteiger partial charge in [0.1, 0.15) is 23.1 Å². The number of amides is 1. The molecule has 0 N–H and O–H groups in total. The van der Waals surface area contributed by atoms with Crippen LogP contribution in [0.5, 0.6) is 5.75 Å². The van der Waals surface area contributed by atoms with E-state index < -0.39 is 0 Å². The minimum atomic E-state index is -0.0935. The van der Waals surface area contributed by atoms with E-state index in [4.69, 9.17) is 4.74 Å². The van der Waals surface area contributed by atoms with Gasteiger partial charge in [0, 0.05) is 19.0 Å². The fourth-order valence-electron chi connectivity index (χ4n) is 3.12. The number of nitrogens with zero attached hydrogens (tertiary/aromatic N) is 2. The molecule has 5 heteroatoms. The van der Waals surface area contributed by atoms with Crippen LogP contribution >= 0.6 is 11.3 Å². The Morgan fingerprint density at radius 2 is 1.53 bits per heavy atom. The molecule has 0 bridgehead atoms. The number of para-hydroxylation sites is 1. The summed E-state index contributed by atoms with van der Waals surface area (Å²) in [6.07, 6.45) is 0. The number of ether oxygens (including phenoxy) is 1. The molecule has 0 aliphatic rings. The minimum absolute atomic E-state index is 0.0935. The van der Waals surface area contributed by atoms with Crippen LogP contribution in [0.4, 0.5) is 0 Å². The van der Waals surface area contributed by atoms with Crippen LogP contribution in [0.2, 0.25) is 0 Å². The van der Waals surface area contributed by atoms with E-state index in [2.05, 4.69) is 4.98 Å². The molecule has 1 heterocycles.